The second-order valence-corrected chi connectivity index (χ2v) is 8.23. The first-order valence-electron chi connectivity index (χ1n) is 8.80. The van der Waals surface area contributed by atoms with E-state index in [1.807, 2.05) is 29.5 Å². The number of benzene rings is 1. The van der Waals surface area contributed by atoms with Crippen molar-refractivity contribution in [2.75, 3.05) is 19.7 Å². The van der Waals surface area contributed by atoms with E-state index in [-0.39, 0.29) is 12.5 Å². The third-order valence-corrected chi connectivity index (χ3v) is 6.25. The zero-order valence-corrected chi connectivity index (χ0v) is 16.2. The summed E-state index contributed by atoms with van der Waals surface area (Å²) in [6.45, 7) is 5.09. The quantitative estimate of drug-likeness (QED) is 0.867. The Hall–Kier alpha value is -1.82. The number of ether oxygens (including phenoxy) is 1. The lowest BCUT2D eigenvalue weighted by Gasteiger charge is -2.32. The molecule has 0 bridgehead atoms. The lowest BCUT2D eigenvalue weighted by atomic mass is 10.1. The molecule has 1 aromatic heterocycles. The van der Waals surface area contributed by atoms with Gasteiger partial charge in [-0.1, -0.05) is 11.6 Å². The average Bonchev–Trinajstić information content (AvgIpc) is 3.13. The van der Waals surface area contributed by atoms with Gasteiger partial charge in [0.2, 0.25) is 0 Å². The highest BCUT2D eigenvalue weighted by molar-refractivity contribution is 7.10. The molecule has 0 radical (unpaired) electrons. The summed E-state index contributed by atoms with van der Waals surface area (Å²) in [7, 11) is 0. The van der Waals surface area contributed by atoms with Crippen LogP contribution in [0.4, 0.5) is 0 Å². The van der Waals surface area contributed by atoms with Crippen LogP contribution in [0.25, 0.3) is 6.08 Å². The van der Waals surface area contributed by atoms with E-state index in [1.54, 1.807) is 6.07 Å². The van der Waals surface area contributed by atoms with E-state index in [0.717, 1.165) is 30.8 Å². The minimum atomic E-state index is -0.0734. The van der Waals surface area contributed by atoms with Crippen molar-refractivity contribution < 1.29 is 9.53 Å². The van der Waals surface area contributed by atoms with Crippen LogP contribution >= 0.6 is 22.9 Å². The molecule has 1 amide bonds. The standard InChI is InChI=1S/C20H21ClN2O2S/c1-13(23-6-4-19-14(11-23)5-7-26-19)10-22-20(24)16-8-15-9-17(21)2-3-18(15)25-12-16/h2-3,5,7-9,13H,4,6,10-12H2,1H3,(H,22,24). The molecule has 1 N–H and O–H groups in total. The van der Waals surface area contributed by atoms with Crippen LogP contribution in [0.3, 0.4) is 0 Å². The van der Waals surface area contributed by atoms with Gasteiger partial charge in [-0.15, -0.1) is 11.3 Å². The third kappa shape index (κ3) is 3.65. The van der Waals surface area contributed by atoms with Gasteiger partial charge >= 0.3 is 0 Å². The van der Waals surface area contributed by atoms with Gasteiger partial charge < -0.3 is 10.1 Å². The molecular formula is C20H21ClN2O2S. The Kier molecular flexibility index (Phi) is 5.02. The molecule has 4 rings (SSSR count). The van der Waals surface area contributed by atoms with Gasteiger partial charge in [0.1, 0.15) is 12.4 Å². The summed E-state index contributed by atoms with van der Waals surface area (Å²) in [6.07, 6.45) is 2.96. The molecule has 136 valence electrons. The molecule has 1 atom stereocenters. The fraction of sp³-hybridized carbons (Fsp3) is 0.350. The van der Waals surface area contributed by atoms with Crippen molar-refractivity contribution in [3.63, 3.8) is 0 Å². The summed E-state index contributed by atoms with van der Waals surface area (Å²) < 4.78 is 5.67. The second-order valence-electron chi connectivity index (χ2n) is 6.79. The van der Waals surface area contributed by atoms with Gasteiger partial charge in [0.15, 0.2) is 0 Å². The van der Waals surface area contributed by atoms with Crippen LogP contribution in [0.1, 0.15) is 22.9 Å². The first-order valence-corrected chi connectivity index (χ1v) is 10.1. The predicted molar refractivity (Wildman–Crippen MR) is 106 cm³/mol. The molecule has 0 saturated heterocycles. The van der Waals surface area contributed by atoms with Gasteiger partial charge in [-0.2, -0.15) is 0 Å². The van der Waals surface area contributed by atoms with Gasteiger partial charge in [0.05, 0.1) is 5.57 Å². The minimum Gasteiger partial charge on any atom is -0.488 e. The Morgan fingerprint density at radius 3 is 3.19 bits per heavy atom. The van der Waals surface area contributed by atoms with E-state index < -0.39 is 0 Å². The van der Waals surface area contributed by atoms with Crippen molar-refractivity contribution >= 4 is 34.9 Å². The number of halogens is 1. The van der Waals surface area contributed by atoms with Gasteiger partial charge in [0, 0.05) is 41.1 Å². The highest BCUT2D eigenvalue weighted by Gasteiger charge is 2.23. The Balaban J connectivity index is 1.35. The van der Waals surface area contributed by atoms with Crippen molar-refractivity contribution in [3.05, 3.63) is 56.2 Å². The molecule has 6 heteroatoms. The predicted octanol–water partition coefficient (Wildman–Crippen LogP) is 3.74. The second kappa shape index (κ2) is 7.43. The number of fused-ring (bicyclic) bond motifs is 2. The van der Waals surface area contributed by atoms with Gasteiger partial charge in [-0.3, -0.25) is 9.69 Å². The van der Waals surface area contributed by atoms with Crippen LogP contribution in [-0.4, -0.2) is 36.5 Å². The van der Waals surface area contributed by atoms with Crippen LogP contribution < -0.4 is 10.1 Å². The molecule has 0 saturated carbocycles. The van der Waals surface area contributed by atoms with Crippen molar-refractivity contribution in [1.29, 1.82) is 0 Å². The van der Waals surface area contributed by atoms with E-state index in [1.165, 1.54) is 10.4 Å². The number of carbonyl (C=O) groups is 1. The molecule has 2 aliphatic heterocycles. The average molecular weight is 389 g/mol. The van der Waals surface area contributed by atoms with Crippen molar-refractivity contribution in [2.24, 2.45) is 0 Å². The Morgan fingerprint density at radius 2 is 2.31 bits per heavy atom. The zero-order valence-electron chi connectivity index (χ0n) is 14.6. The zero-order chi connectivity index (χ0) is 18.1. The number of nitrogens with one attached hydrogen (secondary N) is 1. The normalized spacial score (nSPS) is 17.5. The summed E-state index contributed by atoms with van der Waals surface area (Å²) >= 11 is 7.87. The molecule has 1 unspecified atom stereocenters. The number of thiophene rings is 1. The molecule has 0 spiro atoms. The van der Waals surface area contributed by atoms with Gasteiger partial charge in [-0.25, -0.2) is 0 Å². The van der Waals surface area contributed by atoms with E-state index >= 15 is 0 Å². The SMILES string of the molecule is CC(CNC(=O)C1=Cc2cc(Cl)ccc2OC1)N1CCc2sccc2C1. The third-order valence-electron chi connectivity index (χ3n) is 4.99. The lowest BCUT2D eigenvalue weighted by molar-refractivity contribution is -0.118. The van der Waals surface area contributed by atoms with E-state index in [4.69, 9.17) is 16.3 Å². The maximum atomic E-state index is 12.5. The topological polar surface area (TPSA) is 41.6 Å². The minimum absolute atomic E-state index is 0.0734. The summed E-state index contributed by atoms with van der Waals surface area (Å²) in [5.41, 5.74) is 2.91. The largest absolute Gasteiger partial charge is 0.488 e. The molecule has 2 aromatic rings. The molecule has 26 heavy (non-hydrogen) atoms. The van der Waals surface area contributed by atoms with Crippen molar-refractivity contribution in [3.8, 4) is 5.75 Å². The smallest absolute Gasteiger partial charge is 0.250 e. The molecule has 2 aliphatic rings. The van der Waals surface area contributed by atoms with Crippen LogP contribution in [0.5, 0.6) is 5.75 Å². The van der Waals surface area contributed by atoms with Gasteiger partial charge in [-0.05, 0) is 54.6 Å². The van der Waals surface area contributed by atoms with Crippen LogP contribution in [0.2, 0.25) is 5.02 Å². The first-order chi connectivity index (χ1) is 12.6. The summed E-state index contributed by atoms with van der Waals surface area (Å²) in [4.78, 5) is 16.5. The Morgan fingerprint density at radius 1 is 1.42 bits per heavy atom. The fourth-order valence-corrected chi connectivity index (χ4v) is 4.48. The monoisotopic (exact) mass is 388 g/mol. The number of hydrogen-bond acceptors (Lipinski definition) is 4. The first kappa shape index (κ1) is 17.6. The molecule has 1 aromatic carbocycles. The summed E-state index contributed by atoms with van der Waals surface area (Å²) in [5.74, 6) is 0.690. The molecule has 4 nitrogen and oxygen atoms in total. The van der Waals surface area contributed by atoms with Crippen molar-refractivity contribution in [2.45, 2.75) is 25.9 Å². The molecule has 0 fully saturated rings. The molecule has 0 aliphatic carbocycles. The number of carbonyl (C=O) groups excluding carboxylic acids is 1. The summed E-state index contributed by atoms with van der Waals surface area (Å²) in [6, 6.07) is 7.94. The Bertz CT molecular complexity index is 861. The van der Waals surface area contributed by atoms with Gasteiger partial charge in [0.25, 0.3) is 5.91 Å². The number of amides is 1. The number of rotatable bonds is 4. The Labute approximate surface area is 162 Å². The van der Waals surface area contributed by atoms with E-state index in [9.17, 15) is 4.79 Å². The maximum absolute atomic E-state index is 12.5. The van der Waals surface area contributed by atoms with Crippen LogP contribution in [0, 0.1) is 0 Å². The lowest BCUT2D eigenvalue weighted by Crippen LogP contribution is -2.44. The molecular weight excluding hydrogens is 368 g/mol. The van der Waals surface area contributed by atoms with E-state index in [0.29, 0.717) is 23.2 Å². The molecule has 3 heterocycles. The number of hydrogen-bond donors (Lipinski definition) is 1. The van der Waals surface area contributed by atoms with E-state index in [2.05, 4.69) is 28.6 Å². The van der Waals surface area contributed by atoms with Crippen LogP contribution in [-0.2, 0) is 17.8 Å². The van der Waals surface area contributed by atoms with Crippen LogP contribution in [0.15, 0.2) is 35.2 Å². The number of nitrogens with zero attached hydrogens (tertiary/aromatic N) is 1. The highest BCUT2D eigenvalue weighted by Crippen LogP contribution is 2.29. The summed E-state index contributed by atoms with van der Waals surface area (Å²) in [5, 5.41) is 5.86. The fourth-order valence-electron chi connectivity index (χ4n) is 3.41. The van der Waals surface area contributed by atoms with Crippen molar-refractivity contribution in [1.82, 2.24) is 10.2 Å². The highest BCUT2D eigenvalue weighted by atomic mass is 35.5. The maximum Gasteiger partial charge on any atom is 0.250 e.